The van der Waals surface area contributed by atoms with E-state index in [1.54, 1.807) is 11.3 Å². The van der Waals surface area contributed by atoms with Crippen molar-refractivity contribution in [2.75, 3.05) is 0 Å². The Hall–Kier alpha value is -1.56. The highest BCUT2D eigenvalue weighted by Crippen LogP contribution is 2.64. The summed E-state index contributed by atoms with van der Waals surface area (Å²) in [5, 5.41) is 2.05. The first-order chi connectivity index (χ1) is 13.8. The maximum absolute atomic E-state index is 6.15. The normalized spacial score (nSPS) is 30.1. The highest BCUT2D eigenvalue weighted by atomic mass is 32.2. The number of thioether (sulfide) groups is 1. The van der Waals surface area contributed by atoms with E-state index in [4.69, 9.17) is 17.0 Å². The fraction of sp³-hybridized carbons (Fsp3) is 0.348. The molecule has 28 heavy (non-hydrogen) atoms. The van der Waals surface area contributed by atoms with Crippen molar-refractivity contribution in [1.82, 2.24) is 4.98 Å². The van der Waals surface area contributed by atoms with Crippen LogP contribution in [-0.2, 0) is 0 Å². The van der Waals surface area contributed by atoms with Crippen LogP contribution < -0.4 is 4.74 Å². The number of rotatable bonds is 3. The van der Waals surface area contributed by atoms with Crippen LogP contribution in [0.4, 0.5) is 0 Å². The van der Waals surface area contributed by atoms with Gasteiger partial charge in [0.15, 0.2) is 3.95 Å². The maximum atomic E-state index is 6.15. The standard InChI is InChI=1S/C23H21NOS3/c26-23-24-22-21(28-23)19(18-14-9-10-15(11-14)20(18)27-22)13-5-4-8-17(12-13)25-16-6-2-1-3-7-16/h1-8,12,14-15,18-20H,9-11H2,(H,24,26). The predicted octanol–water partition coefficient (Wildman–Crippen LogP) is 7.25. The van der Waals surface area contributed by atoms with Gasteiger partial charge in [-0.1, -0.05) is 30.3 Å². The van der Waals surface area contributed by atoms with Crippen LogP contribution in [0.5, 0.6) is 11.5 Å². The maximum Gasteiger partial charge on any atom is 0.159 e. The van der Waals surface area contributed by atoms with Crippen LogP contribution >= 0.6 is 35.3 Å². The lowest BCUT2D eigenvalue weighted by Crippen LogP contribution is -2.33. The number of para-hydroxylation sites is 1. The van der Waals surface area contributed by atoms with E-state index in [0.717, 1.165) is 38.5 Å². The summed E-state index contributed by atoms with van der Waals surface area (Å²) in [5.41, 5.74) is 1.38. The lowest BCUT2D eigenvalue weighted by Gasteiger charge is -2.40. The molecule has 3 aromatic rings. The molecule has 2 aromatic carbocycles. The minimum Gasteiger partial charge on any atom is -0.457 e. The van der Waals surface area contributed by atoms with Gasteiger partial charge in [0.25, 0.3) is 0 Å². The molecule has 2 fully saturated rings. The Balaban J connectivity index is 1.42. The van der Waals surface area contributed by atoms with Gasteiger partial charge in [-0.25, -0.2) is 0 Å². The zero-order chi connectivity index (χ0) is 18.7. The van der Waals surface area contributed by atoms with E-state index < -0.39 is 0 Å². The molecule has 2 bridgehead atoms. The van der Waals surface area contributed by atoms with Crippen molar-refractivity contribution < 1.29 is 4.74 Å². The zero-order valence-electron chi connectivity index (χ0n) is 15.3. The van der Waals surface area contributed by atoms with Crippen molar-refractivity contribution in [2.24, 2.45) is 17.8 Å². The molecular weight excluding hydrogens is 402 g/mol. The number of benzene rings is 2. The van der Waals surface area contributed by atoms with Gasteiger partial charge in [-0.3, -0.25) is 0 Å². The van der Waals surface area contributed by atoms with Gasteiger partial charge in [0.2, 0.25) is 0 Å². The molecule has 2 saturated carbocycles. The molecule has 5 unspecified atom stereocenters. The van der Waals surface area contributed by atoms with E-state index in [-0.39, 0.29) is 0 Å². The molecule has 3 aliphatic rings. The first kappa shape index (κ1) is 17.3. The van der Waals surface area contributed by atoms with E-state index in [1.165, 1.54) is 34.7 Å². The van der Waals surface area contributed by atoms with E-state index >= 15 is 0 Å². The third-order valence-corrected chi connectivity index (χ3v) is 9.64. The number of aromatic amines is 1. The molecule has 0 spiro atoms. The summed E-state index contributed by atoms with van der Waals surface area (Å²) in [7, 11) is 0. The Labute approximate surface area is 178 Å². The number of ether oxygens (including phenoxy) is 1. The number of aromatic nitrogens is 1. The van der Waals surface area contributed by atoms with Gasteiger partial charge >= 0.3 is 0 Å². The van der Waals surface area contributed by atoms with Crippen molar-refractivity contribution in [3.05, 3.63) is 69.0 Å². The molecule has 1 aromatic heterocycles. The van der Waals surface area contributed by atoms with Gasteiger partial charge in [0.1, 0.15) is 11.5 Å². The Bertz CT molecular complexity index is 1070. The number of thiazole rings is 1. The minimum absolute atomic E-state index is 0.439. The smallest absolute Gasteiger partial charge is 0.159 e. The Kier molecular flexibility index (Phi) is 4.17. The summed E-state index contributed by atoms with van der Waals surface area (Å²) in [6, 6.07) is 18.8. The van der Waals surface area contributed by atoms with Crippen LogP contribution in [0.1, 0.15) is 35.6 Å². The minimum atomic E-state index is 0.439. The van der Waals surface area contributed by atoms with Gasteiger partial charge in [0.05, 0.1) is 5.03 Å². The van der Waals surface area contributed by atoms with Crippen LogP contribution in [0.2, 0.25) is 0 Å². The van der Waals surface area contributed by atoms with Gasteiger partial charge < -0.3 is 9.72 Å². The summed E-state index contributed by atoms with van der Waals surface area (Å²) in [6.45, 7) is 0. The van der Waals surface area contributed by atoms with Gasteiger partial charge in [-0.05, 0) is 79.1 Å². The third-order valence-electron chi connectivity index (χ3n) is 6.66. The summed E-state index contributed by atoms with van der Waals surface area (Å²) < 4.78 is 7.05. The van der Waals surface area contributed by atoms with Crippen molar-refractivity contribution >= 4 is 35.3 Å². The SMILES string of the molecule is S=c1[nH]c2c(s1)C(c1cccc(Oc3ccccc3)c1)C1C3CCC(C3)C1S2. The van der Waals surface area contributed by atoms with E-state index in [9.17, 15) is 0 Å². The van der Waals surface area contributed by atoms with E-state index in [0.29, 0.717) is 5.92 Å². The van der Waals surface area contributed by atoms with Crippen molar-refractivity contribution in [3.8, 4) is 11.5 Å². The fourth-order valence-electron chi connectivity index (χ4n) is 5.62. The van der Waals surface area contributed by atoms with Crippen molar-refractivity contribution in [3.63, 3.8) is 0 Å². The summed E-state index contributed by atoms with van der Waals surface area (Å²) in [6.07, 6.45) is 4.21. The van der Waals surface area contributed by atoms with Gasteiger partial charge in [-0.15, -0.1) is 23.1 Å². The second-order valence-corrected chi connectivity index (χ2v) is 11.1. The lowest BCUT2D eigenvalue weighted by atomic mass is 9.75. The topological polar surface area (TPSA) is 25.0 Å². The molecule has 1 aliphatic heterocycles. The molecule has 1 N–H and O–H groups in total. The molecule has 2 nitrogen and oxygen atoms in total. The number of nitrogens with one attached hydrogen (secondary N) is 1. The molecule has 0 amide bonds. The van der Waals surface area contributed by atoms with Gasteiger partial charge in [-0.2, -0.15) is 0 Å². The van der Waals surface area contributed by atoms with Gasteiger partial charge in [0, 0.05) is 16.0 Å². The van der Waals surface area contributed by atoms with E-state index in [2.05, 4.69) is 41.0 Å². The fourth-order valence-corrected chi connectivity index (χ4v) is 8.96. The lowest BCUT2D eigenvalue weighted by molar-refractivity contribution is 0.307. The monoisotopic (exact) mass is 423 g/mol. The van der Waals surface area contributed by atoms with Crippen LogP contribution in [0.25, 0.3) is 0 Å². The van der Waals surface area contributed by atoms with Crippen LogP contribution in [0.15, 0.2) is 59.6 Å². The highest BCUT2D eigenvalue weighted by Gasteiger charge is 2.54. The number of fused-ring (bicyclic) bond motifs is 6. The first-order valence-electron chi connectivity index (χ1n) is 9.99. The largest absolute Gasteiger partial charge is 0.457 e. The molecule has 5 atom stereocenters. The molecule has 0 saturated heterocycles. The zero-order valence-corrected chi connectivity index (χ0v) is 17.8. The Morgan fingerprint density at radius 3 is 2.68 bits per heavy atom. The molecule has 5 heteroatoms. The first-order valence-corrected chi connectivity index (χ1v) is 12.1. The van der Waals surface area contributed by atoms with Crippen molar-refractivity contribution in [2.45, 2.75) is 35.5 Å². The average molecular weight is 424 g/mol. The summed E-state index contributed by atoms with van der Waals surface area (Å²) in [5.74, 6) is 4.70. The predicted molar refractivity (Wildman–Crippen MR) is 118 cm³/mol. The number of hydrogen-bond donors (Lipinski definition) is 1. The summed E-state index contributed by atoms with van der Waals surface area (Å²) >= 11 is 9.38. The summed E-state index contributed by atoms with van der Waals surface area (Å²) in [4.78, 5) is 4.93. The molecule has 142 valence electrons. The molecule has 6 rings (SSSR count). The van der Waals surface area contributed by atoms with E-state index in [1.807, 2.05) is 30.3 Å². The van der Waals surface area contributed by atoms with Crippen molar-refractivity contribution in [1.29, 1.82) is 0 Å². The molecule has 2 aliphatic carbocycles. The Morgan fingerprint density at radius 1 is 0.964 bits per heavy atom. The molecule has 2 heterocycles. The molecular formula is C23H21NOS3. The Morgan fingerprint density at radius 2 is 1.79 bits per heavy atom. The number of hydrogen-bond acceptors (Lipinski definition) is 4. The quantitative estimate of drug-likeness (QED) is 0.449. The second kappa shape index (κ2) is 6.75. The average Bonchev–Trinajstić information content (AvgIpc) is 3.41. The third kappa shape index (κ3) is 2.78. The second-order valence-electron chi connectivity index (χ2n) is 8.17. The molecule has 0 radical (unpaired) electrons. The number of H-pyrrole nitrogens is 1. The van der Waals surface area contributed by atoms with Crippen LogP contribution in [-0.4, -0.2) is 10.2 Å². The van der Waals surface area contributed by atoms with Crippen LogP contribution in [0.3, 0.4) is 0 Å². The highest BCUT2D eigenvalue weighted by molar-refractivity contribution is 8.00. The van der Waals surface area contributed by atoms with Crippen LogP contribution in [0, 0.1) is 21.7 Å².